The predicted molar refractivity (Wildman–Crippen MR) is 106 cm³/mol. The standard InChI is InChI=1S/C20H18Cl2N2O3/c1-24(2)20(26)15-7-5-14(6-8-15)4-3-11-23-19(25)13-27-18-10-9-16(21)12-17(18)22/h5-10,12H,11,13H2,1-2H3,(H,23,25). The van der Waals surface area contributed by atoms with Gasteiger partial charge in [0.05, 0.1) is 11.6 Å². The molecule has 2 rings (SSSR count). The Labute approximate surface area is 168 Å². The highest BCUT2D eigenvalue weighted by Gasteiger charge is 2.07. The highest BCUT2D eigenvalue weighted by atomic mass is 35.5. The topological polar surface area (TPSA) is 58.6 Å². The van der Waals surface area contributed by atoms with Gasteiger partial charge in [-0.2, -0.15) is 0 Å². The van der Waals surface area contributed by atoms with Crippen molar-refractivity contribution in [1.82, 2.24) is 10.2 Å². The molecular formula is C20H18Cl2N2O3. The van der Waals surface area contributed by atoms with Gasteiger partial charge in [-0.15, -0.1) is 0 Å². The molecule has 0 aliphatic rings. The summed E-state index contributed by atoms with van der Waals surface area (Å²) in [5, 5.41) is 3.46. The van der Waals surface area contributed by atoms with Crippen LogP contribution in [0, 0.1) is 11.8 Å². The Morgan fingerprint density at radius 2 is 1.81 bits per heavy atom. The Hall–Kier alpha value is -2.68. The van der Waals surface area contributed by atoms with Gasteiger partial charge in [0.15, 0.2) is 6.61 Å². The van der Waals surface area contributed by atoms with Gasteiger partial charge >= 0.3 is 0 Å². The number of nitrogens with one attached hydrogen (secondary N) is 1. The Kier molecular flexibility index (Phi) is 7.54. The quantitative estimate of drug-likeness (QED) is 0.778. The lowest BCUT2D eigenvalue weighted by Crippen LogP contribution is -2.29. The molecule has 0 bridgehead atoms. The summed E-state index contributed by atoms with van der Waals surface area (Å²) in [6, 6.07) is 11.7. The number of rotatable bonds is 5. The minimum Gasteiger partial charge on any atom is -0.482 e. The number of hydrogen-bond acceptors (Lipinski definition) is 3. The van der Waals surface area contributed by atoms with Gasteiger partial charge in [0.1, 0.15) is 5.75 Å². The molecule has 0 aromatic heterocycles. The van der Waals surface area contributed by atoms with Crippen LogP contribution in [0.15, 0.2) is 42.5 Å². The van der Waals surface area contributed by atoms with Crippen LogP contribution in [0.3, 0.4) is 0 Å². The number of carbonyl (C=O) groups is 2. The van der Waals surface area contributed by atoms with Crippen LogP contribution in [0.25, 0.3) is 0 Å². The first kappa shape index (κ1) is 20.6. The molecule has 0 saturated carbocycles. The largest absolute Gasteiger partial charge is 0.482 e. The molecular weight excluding hydrogens is 387 g/mol. The van der Waals surface area contributed by atoms with E-state index < -0.39 is 0 Å². The molecule has 5 nitrogen and oxygen atoms in total. The van der Waals surface area contributed by atoms with E-state index in [-0.39, 0.29) is 25.0 Å². The highest BCUT2D eigenvalue weighted by Crippen LogP contribution is 2.27. The zero-order valence-corrected chi connectivity index (χ0v) is 16.4. The van der Waals surface area contributed by atoms with Gasteiger partial charge in [0.25, 0.3) is 11.8 Å². The Morgan fingerprint density at radius 3 is 2.44 bits per heavy atom. The predicted octanol–water partition coefficient (Wildman–Crippen LogP) is 3.24. The fourth-order valence-electron chi connectivity index (χ4n) is 2.03. The average Bonchev–Trinajstić information content (AvgIpc) is 2.64. The Morgan fingerprint density at radius 1 is 1.11 bits per heavy atom. The van der Waals surface area contributed by atoms with Gasteiger partial charge < -0.3 is 15.0 Å². The average molecular weight is 405 g/mol. The summed E-state index contributed by atoms with van der Waals surface area (Å²) in [5.74, 6) is 5.76. The molecule has 0 aliphatic heterocycles. The van der Waals surface area contributed by atoms with Crippen LogP contribution in [0.4, 0.5) is 0 Å². The molecule has 2 aromatic carbocycles. The van der Waals surface area contributed by atoms with E-state index in [2.05, 4.69) is 17.2 Å². The van der Waals surface area contributed by atoms with Gasteiger partial charge in [-0.1, -0.05) is 35.0 Å². The third-order valence-electron chi connectivity index (χ3n) is 3.40. The van der Waals surface area contributed by atoms with Crippen molar-refractivity contribution in [2.75, 3.05) is 27.2 Å². The van der Waals surface area contributed by atoms with Crippen LogP contribution in [0.5, 0.6) is 5.75 Å². The normalized spacial score (nSPS) is 9.78. The van der Waals surface area contributed by atoms with Crippen molar-refractivity contribution >= 4 is 35.0 Å². The summed E-state index contributed by atoms with van der Waals surface area (Å²) >= 11 is 11.8. The first-order valence-corrected chi connectivity index (χ1v) is 8.77. The summed E-state index contributed by atoms with van der Waals surface area (Å²) < 4.78 is 5.34. The lowest BCUT2D eigenvalue weighted by molar-refractivity contribution is -0.122. The number of halogens is 2. The minimum absolute atomic E-state index is 0.0671. The first-order chi connectivity index (χ1) is 12.9. The van der Waals surface area contributed by atoms with E-state index in [9.17, 15) is 9.59 Å². The lowest BCUT2D eigenvalue weighted by atomic mass is 10.1. The van der Waals surface area contributed by atoms with Crippen molar-refractivity contribution in [2.24, 2.45) is 0 Å². The van der Waals surface area contributed by atoms with E-state index in [4.69, 9.17) is 27.9 Å². The zero-order valence-electron chi connectivity index (χ0n) is 14.9. The summed E-state index contributed by atoms with van der Waals surface area (Å²) in [6.45, 7) is -0.000695. The first-order valence-electron chi connectivity index (χ1n) is 8.02. The molecule has 2 aromatic rings. The van der Waals surface area contributed by atoms with Crippen molar-refractivity contribution in [3.05, 3.63) is 63.6 Å². The Balaban J connectivity index is 1.79. The minimum atomic E-state index is -0.317. The van der Waals surface area contributed by atoms with Crippen LogP contribution in [-0.4, -0.2) is 44.0 Å². The van der Waals surface area contributed by atoms with E-state index in [0.29, 0.717) is 21.4 Å². The SMILES string of the molecule is CN(C)C(=O)c1ccc(C#CCNC(=O)COc2ccc(Cl)cc2Cl)cc1. The van der Waals surface area contributed by atoms with E-state index in [1.54, 1.807) is 56.6 Å². The van der Waals surface area contributed by atoms with Crippen molar-refractivity contribution in [3.63, 3.8) is 0 Å². The van der Waals surface area contributed by atoms with Crippen LogP contribution >= 0.6 is 23.2 Å². The molecule has 0 aliphatic carbocycles. The van der Waals surface area contributed by atoms with E-state index >= 15 is 0 Å². The molecule has 0 saturated heterocycles. The third kappa shape index (κ3) is 6.52. The van der Waals surface area contributed by atoms with E-state index in [0.717, 1.165) is 5.56 Å². The summed E-state index contributed by atoms with van der Waals surface area (Å²) in [4.78, 5) is 25.1. The van der Waals surface area contributed by atoms with Crippen LogP contribution in [-0.2, 0) is 4.79 Å². The van der Waals surface area contributed by atoms with Gasteiger partial charge in [0.2, 0.25) is 0 Å². The number of benzene rings is 2. The van der Waals surface area contributed by atoms with Gasteiger partial charge in [-0.25, -0.2) is 0 Å². The Bertz CT molecular complexity index is 884. The number of carbonyl (C=O) groups excluding carboxylic acids is 2. The molecule has 2 amide bonds. The molecule has 27 heavy (non-hydrogen) atoms. The summed E-state index contributed by atoms with van der Waals surface area (Å²) in [7, 11) is 3.40. The maximum absolute atomic E-state index is 11.8. The third-order valence-corrected chi connectivity index (χ3v) is 3.93. The smallest absolute Gasteiger partial charge is 0.258 e. The molecule has 0 radical (unpaired) electrons. The second-order valence-electron chi connectivity index (χ2n) is 5.72. The van der Waals surface area contributed by atoms with E-state index in [1.165, 1.54) is 4.90 Å². The van der Waals surface area contributed by atoms with Crippen LogP contribution in [0.2, 0.25) is 10.0 Å². The molecule has 0 atom stereocenters. The van der Waals surface area contributed by atoms with Gasteiger partial charge in [-0.3, -0.25) is 9.59 Å². The van der Waals surface area contributed by atoms with Crippen LogP contribution < -0.4 is 10.1 Å². The number of hydrogen-bond donors (Lipinski definition) is 1. The van der Waals surface area contributed by atoms with Crippen molar-refractivity contribution in [1.29, 1.82) is 0 Å². The number of amides is 2. The molecule has 0 spiro atoms. The van der Waals surface area contributed by atoms with Gasteiger partial charge in [-0.05, 0) is 42.5 Å². The van der Waals surface area contributed by atoms with Gasteiger partial charge in [0, 0.05) is 30.2 Å². The molecule has 140 valence electrons. The second-order valence-corrected chi connectivity index (χ2v) is 6.56. The molecule has 0 heterocycles. The lowest BCUT2D eigenvalue weighted by Gasteiger charge is -2.09. The molecule has 0 unspecified atom stereocenters. The summed E-state index contributed by atoms with van der Waals surface area (Å²) in [6.07, 6.45) is 0. The van der Waals surface area contributed by atoms with Crippen molar-refractivity contribution in [2.45, 2.75) is 0 Å². The maximum atomic E-state index is 11.8. The highest BCUT2D eigenvalue weighted by molar-refractivity contribution is 6.35. The zero-order chi connectivity index (χ0) is 19.8. The maximum Gasteiger partial charge on any atom is 0.258 e. The van der Waals surface area contributed by atoms with Crippen molar-refractivity contribution in [3.8, 4) is 17.6 Å². The molecule has 0 fully saturated rings. The molecule has 7 heteroatoms. The van der Waals surface area contributed by atoms with Crippen LogP contribution in [0.1, 0.15) is 15.9 Å². The second kappa shape index (κ2) is 9.86. The monoisotopic (exact) mass is 404 g/mol. The number of ether oxygens (including phenoxy) is 1. The fraction of sp³-hybridized carbons (Fsp3) is 0.200. The summed E-state index contributed by atoms with van der Waals surface area (Å²) in [5.41, 5.74) is 1.35. The van der Waals surface area contributed by atoms with Crippen molar-refractivity contribution < 1.29 is 14.3 Å². The molecule has 1 N–H and O–H groups in total. The fourth-order valence-corrected chi connectivity index (χ4v) is 2.49. The van der Waals surface area contributed by atoms with E-state index in [1.807, 2.05) is 0 Å². The number of nitrogens with zero attached hydrogens (tertiary/aromatic N) is 1.